The van der Waals surface area contributed by atoms with Gasteiger partial charge < -0.3 is 10.3 Å². The summed E-state index contributed by atoms with van der Waals surface area (Å²) < 4.78 is 2.16. The number of thiophene rings is 1. The highest BCUT2D eigenvalue weighted by Gasteiger charge is 2.18. The predicted molar refractivity (Wildman–Crippen MR) is 72.2 cm³/mol. The summed E-state index contributed by atoms with van der Waals surface area (Å²) in [4.78, 5) is 5.66. The van der Waals surface area contributed by atoms with Crippen LogP contribution in [0.1, 0.15) is 42.6 Å². The molecule has 0 saturated carbocycles. The molecule has 0 radical (unpaired) electrons. The SMILES string of the molecule is CCCn1ccnc1C(N)c1sccc1CC. The topological polar surface area (TPSA) is 43.8 Å². The molecule has 1 atom stereocenters. The van der Waals surface area contributed by atoms with Gasteiger partial charge in [-0.05, 0) is 29.9 Å². The van der Waals surface area contributed by atoms with E-state index in [9.17, 15) is 0 Å². The third-order valence-corrected chi connectivity index (χ3v) is 3.98. The minimum Gasteiger partial charge on any atom is -0.333 e. The van der Waals surface area contributed by atoms with Crippen molar-refractivity contribution in [3.63, 3.8) is 0 Å². The molecule has 1 unspecified atom stereocenters. The highest BCUT2D eigenvalue weighted by atomic mass is 32.1. The van der Waals surface area contributed by atoms with E-state index in [4.69, 9.17) is 5.73 Å². The first-order valence-electron chi connectivity index (χ1n) is 6.10. The monoisotopic (exact) mass is 249 g/mol. The quantitative estimate of drug-likeness (QED) is 0.885. The molecular weight excluding hydrogens is 230 g/mol. The van der Waals surface area contributed by atoms with Crippen molar-refractivity contribution < 1.29 is 0 Å². The fraction of sp³-hybridized carbons (Fsp3) is 0.462. The van der Waals surface area contributed by atoms with E-state index in [1.165, 1.54) is 10.4 Å². The minimum atomic E-state index is -0.0912. The summed E-state index contributed by atoms with van der Waals surface area (Å²) in [6.45, 7) is 5.31. The maximum atomic E-state index is 6.34. The molecule has 2 heterocycles. The number of aryl methyl sites for hydroxylation is 2. The Morgan fingerprint density at radius 3 is 3.00 bits per heavy atom. The van der Waals surface area contributed by atoms with Gasteiger partial charge >= 0.3 is 0 Å². The zero-order chi connectivity index (χ0) is 12.3. The molecule has 0 saturated heterocycles. The predicted octanol–water partition coefficient (Wildman–Crippen LogP) is 2.97. The first-order chi connectivity index (χ1) is 8.27. The molecule has 0 aromatic carbocycles. The summed E-state index contributed by atoms with van der Waals surface area (Å²) >= 11 is 1.73. The lowest BCUT2D eigenvalue weighted by Crippen LogP contribution is -2.18. The van der Waals surface area contributed by atoms with Crippen LogP contribution in [0.3, 0.4) is 0 Å². The third-order valence-electron chi connectivity index (χ3n) is 2.93. The van der Waals surface area contributed by atoms with Crippen molar-refractivity contribution in [2.75, 3.05) is 0 Å². The summed E-state index contributed by atoms with van der Waals surface area (Å²) in [5, 5.41) is 2.11. The molecule has 0 fully saturated rings. The van der Waals surface area contributed by atoms with Gasteiger partial charge in [0, 0.05) is 23.8 Å². The number of nitrogens with zero attached hydrogens (tertiary/aromatic N) is 2. The molecule has 2 aromatic heterocycles. The summed E-state index contributed by atoms with van der Waals surface area (Å²) in [5.74, 6) is 0.976. The van der Waals surface area contributed by atoms with E-state index in [0.717, 1.165) is 25.2 Å². The summed E-state index contributed by atoms with van der Waals surface area (Å²) in [7, 11) is 0. The Morgan fingerprint density at radius 1 is 1.47 bits per heavy atom. The Balaban J connectivity index is 2.30. The van der Waals surface area contributed by atoms with E-state index in [1.54, 1.807) is 11.3 Å². The highest BCUT2D eigenvalue weighted by molar-refractivity contribution is 7.10. The molecule has 0 aliphatic heterocycles. The fourth-order valence-corrected chi connectivity index (χ4v) is 3.05. The van der Waals surface area contributed by atoms with Gasteiger partial charge in [-0.1, -0.05) is 13.8 Å². The van der Waals surface area contributed by atoms with Gasteiger partial charge in [0.1, 0.15) is 5.82 Å². The second kappa shape index (κ2) is 5.47. The smallest absolute Gasteiger partial charge is 0.131 e. The summed E-state index contributed by atoms with van der Waals surface area (Å²) in [6, 6.07) is 2.07. The number of rotatable bonds is 5. The molecule has 17 heavy (non-hydrogen) atoms. The molecule has 0 aliphatic rings. The standard InChI is InChI=1S/C13H19N3S/c1-3-7-16-8-6-15-13(16)11(14)12-10(4-2)5-9-17-12/h5-6,8-9,11H,3-4,7,14H2,1-2H3. The third kappa shape index (κ3) is 2.42. The lowest BCUT2D eigenvalue weighted by Gasteiger charge is -2.14. The Bertz CT molecular complexity index is 472. The number of hydrogen-bond donors (Lipinski definition) is 1. The van der Waals surface area contributed by atoms with E-state index >= 15 is 0 Å². The van der Waals surface area contributed by atoms with Crippen molar-refractivity contribution >= 4 is 11.3 Å². The Kier molecular flexibility index (Phi) is 3.97. The molecular formula is C13H19N3S. The number of hydrogen-bond acceptors (Lipinski definition) is 3. The van der Waals surface area contributed by atoms with Crippen LogP contribution < -0.4 is 5.73 Å². The summed E-state index contributed by atoms with van der Waals surface area (Å²) in [6.07, 6.45) is 5.98. The number of nitrogens with two attached hydrogens (primary N) is 1. The van der Waals surface area contributed by atoms with Crippen molar-refractivity contribution in [3.8, 4) is 0 Å². The van der Waals surface area contributed by atoms with Gasteiger partial charge in [0.25, 0.3) is 0 Å². The molecule has 2 rings (SSSR count). The second-order valence-electron chi connectivity index (χ2n) is 4.12. The summed E-state index contributed by atoms with van der Waals surface area (Å²) in [5.41, 5.74) is 7.68. The highest BCUT2D eigenvalue weighted by Crippen LogP contribution is 2.27. The molecule has 0 aliphatic carbocycles. The van der Waals surface area contributed by atoms with E-state index in [1.807, 2.05) is 12.4 Å². The van der Waals surface area contributed by atoms with E-state index < -0.39 is 0 Å². The van der Waals surface area contributed by atoms with Crippen molar-refractivity contribution in [2.45, 2.75) is 39.3 Å². The van der Waals surface area contributed by atoms with Crippen LogP contribution in [0.2, 0.25) is 0 Å². The average molecular weight is 249 g/mol. The van der Waals surface area contributed by atoms with Gasteiger partial charge in [-0.25, -0.2) is 4.98 Å². The molecule has 92 valence electrons. The van der Waals surface area contributed by atoms with Crippen LogP contribution in [0, 0.1) is 0 Å². The molecule has 3 nitrogen and oxygen atoms in total. The van der Waals surface area contributed by atoms with Gasteiger partial charge in [0.15, 0.2) is 0 Å². The molecule has 0 spiro atoms. The normalized spacial score (nSPS) is 12.9. The van der Waals surface area contributed by atoms with Crippen LogP contribution in [0.15, 0.2) is 23.8 Å². The molecule has 0 amide bonds. The molecule has 4 heteroatoms. The van der Waals surface area contributed by atoms with Crippen molar-refractivity contribution in [1.82, 2.24) is 9.55 Å². The minimum absolute atomic E-state index is 0.0912. The van der Waals surface area contributed by atoms with Crippen LogP contribution in [0.25, 0.3) is 0 Å². The first kappa shape index (κ1) is 12.3. The van der Waals surface area contributed by atoms with Gasteiger partial charge in [-0.2, -0.15) is 0 Å². The van der Waals surface area contributed by atoms with Crippen LogP contribution in [-0.4, -0.2) is 9.55 Å². The van der Waals surface area contributed by atoms with Crippen LogP contribution in [0.4, 0.5) is 0 Å². The van der Waals surface area contributed by atoms with E-state index in [0.29, 0.717) is 0 Å². The van der Waals surface area contributed by atoms with E-state index in [-0.39, 0.29) is 6.04 Å². The largest absolute Gasteiger partial charge is 0.333 e. The Labute approximate surface area is 106 Å². The van der Waals surface area contributed by atoms with Gasteiger partial charge in [-0.15, -0.1) is 11.3 Å². The van der Waals surface area contributed by atoms with Gasteiger partial charge in [-0.3, -0.25) is 0 Å². The van der Waals surface area contributed by atoms with E-state index in [2.05, 4.69) is 34.8 Å². The zero-order valence-electron chi connectivity index (χ0n) is 10.4. The Morgan fingerprint density at radius 2 is 2.29 bits per heavy atom. The first-order valence-corrected chi connectivity index (χ1v) is 6.98. The van der Waals surface area contributed by atoms with Crippen molar-refractivity contribution in [1.29, 1.82) is 0 Å². The molecule has 2 aromatic rings. The Hall–Kier alpha value is -1.13. The molecule has 2 N–H and O–H groups in total. The second-order valence-corrected chi connectivity index (χ2v) is 5.07. The lowest BCUT2D eigenvalue weighted by molar-refractivity contribution is 0.614. The maximum Gasteiger partial charge on any atom is 0.131 e. The van der Waals surface area contributed by atoms with Crippen molar-refractivity contribution in [2.24, 2.45) is 5.73 Å². The maximum absolute atomic E-state index is 6.34. The fourth-order valence-electron chi connectivity index (χ4n) is 2.06. The van der Waals surface area contributed by atoms with Gasteiger partial charge in [0.05, 0.1) is 6.04 Å². The van der Waals surface area contributed by atoms with Crippen LogP contribution in [0.5, 0.6) is 0 Å². The zero-order valence-corrected chi connectivity index (χ0v) is 11.2. The molecule has 0 bridgehead atoms. The lowest BCUT2D eigenvalue weighted by atomic mass is 10.1. The van der Waals surface area contributed by atoms with Crippen molar-refractivity contribution in [3.05, 3.63) is 40.1 Å². The van der Waals surface area contributed by atoms with Crippen LogP contribution >= 0.6 is 11.3 Å². The number of imidazole rings is 1. The van der Waals surface area contributed by atoms with Crippen LogP contribution in [-0.2, 0) is 13.0 Å². The van der Waals surface area contributed by atoms with Gasteiger partial charge in [0.2, 0.25) is 0 Å². The average Bonchev–Trinajstić information content (AvgIpc) is 2.96. The number of aromatic nitrogens is 2.